The number of fused-ring (bicyclic) bond motifs is 2. The number of hydrogen-bond acceptors (Lipinski definition) is 7. The Balaban J connectivity index is 1.41. The molecule has 0 unspecified atom stereocenters. The van der Waals surface area contributed by atoms with Gasteiger partial charge in [-0.25, -0.2) is 13.2 Å². The number of carbonyl (C=O) groups excluding carboxylic acids is 2. The van der Waals surface area contributed by atoms with Crippen molar-refractivity contribution in [1.82, 2.24) is 9.21 Å². The minimum absolute atomic E-state index is 0.0723. The molecule has 0 bridgehead atoms. The Morgan fingerprint density at radius 3 is 2.48 bits per heavy atom. The van der Waals surface area contributed by atoms with Crippen molar-refractivity contribution in [3.8, 4) is 5.75 Å². The summed E-state index contributed by atoms with van der Waals surface area (Å²) >= 11 is 0. The van der Waals surface area contributed by atoms with Gasteiger partial charge in [-0.15, -0.1) is 0 Å². The fourth-order valence-electron chi connectivity index (χ4n) is 6.32. The molecule has 4 aromatic carbocycles. The van der Waals surface area contributed by atoms with Gasteiger partial charge in [0.05, 0.1) is 41.0 Å². The second-order valence-corrected chi connectivity index (χ2v) is 15.8. The summed E-state index contributed by atoms with van der Waals surface area (Å²) in [5, 5.41) is 18.0. The number of nitrogens with one attached hydrogen (secondary N) is 2. The lowest BCUT2D eigenvalue weighted by atomic mass is 10.0. The van der Waals surface area contributed by atoms with Crippen molar-refractivity contribution in [2.45, 2.75) is 70.1 Å². The van der Waals surface area contributed by atoms with E-state index in [0.717, 1.165) is 29.2 Å². The highest BCUT2D eigenvalue weighted by atomic mass is 32.2. The fraction of sp³-hybridized carbons (Fsp3) is 0.400. The topological polar surface area (TPSA) is 138 Å². The summed E-state index contributed by atoms with van der Waals surface area (Å²) in [5.74, 6) is -0.355. The molecule has 1 aliphatic rings. The molecule has 278 valence electrons. The van der Waals surface area contributed by atoms with Crippen molar-refractivity contribution >= 4 is 44.1 Å². The highest BCUT2D eigenvalue weighted by Gasteiger charge is 2.32. The zero-order chi connectivity index (χ0) is 37.4. The number of rotatable bonds is 8. The minimum Gasteiger partial charge on any atom is -0.490 e. The lowest BCUT2D eigenvalue weighted by Gasteiger charge is -2.35. The van der Waals surface area contributed by atoms with Gasteiger partial charge in [0.25, 0.3) is 5.91 Å². The number of ether oxygens (including phenoxy) is 2. The molecule has 12 heteroatoms. The number of likely N-dealkylation sites (N-methyl/N-ethyl adjacent to an activating group) is 1. The fourth-order valence-corrected chi connectivity index (χ4v) is 7.51. The van der Waals surface area contributed by atoms with Gasteiger partial charge in [0.1, 0.15) is 5.75 Å². The van der Waals surface area contributed by atoms with Gasteiger partial charge in [-0.3, -0.25) is 4.79 Å². The normalized spacial score (nSPS) is 19.7. The maximum absolute atomic E-state index is 14.5. The summed E-state index contributed by atoms with van der Waals surface area (Å²) in [4.78, 5) is 29.5. The molecule has 0 aromatic heterocycles. The van der Waals surface area contributed by atoms with E-state index in [0.29, 0.717) is 30.2 Å². The number of hydrogen-bond donors (Lipinski definition) is 3. The van der Waals surface area contributed by atoms with E-state index in [1.165, 1.54) is 11.4 Å². The lowest BCUT2D eigenvalue weighted by Crippen LogP contribution is -2.48. The molecule has 1 heterocycles. The average Bonchev–Trinajstić information content (AvgIpc) is 3.13. The van der Waals surface area contributed by atoms with Crippen LogP contribution in [0.3, 0.4) is 0 Å². The second-order valence-electron chi connectivity index (χ2n) is 13.7. The van der Waals surface area contributed by atoms with Crippen LogP contribution in [0.1, 0.15) is 56.0 Å². The SMILES string of the molecule is Cc1ccc(S(=O)(=O)N(C)C[C@H]2OCCCC[C@H](C)Oc3ccc(NC(=O)Nc4cccc5ccccc45)cc3C(=O)N([C@H](C)CO)C[C@H]2C)cc1. The van der Waals surface area contributed by atoms with Gasteiger partial charge < -0.3 is 30.1 Å². The molecule has 5 rings (SSSR count). The first-order valence-electron chi connectivity index (χ1n) is 17.8. The van der Waals surface area contributed by atoms with Gasteiger partial charge in [-0.2, -0.15) is 4.31 Å². The van der Waals surface area contributed by atoms with E-state index in [2.05, 4.69) is 10.6 Å². The second kappa shape index (κ2) is 17.4. The van der Waals surface area contributed by atoms with Gasteiger partial charge in [0.2, 0.25) is 10.0 Å². The molecule has 0 saturated carbocycles. The minimum atomic E-state index is -3.80. The van der Waals surface area contributed by atoms with Gasteiger partial charge in [-0.05, 0) is 81.8 Å². The molecule has 0 saturated heterocycles. The van der Waals surface area contributed by atoms with Crippen molar-refractivity contribution in [2.75, 3.05) is 44.0 Å². The van der Waals surface area contributed by atoms with E-state index in [1.54, 1.807) is 54.3 Å². The smallest absolute Gasteiger partial charge is 0.323 e. The van der Waals surface area contributed by atoms with E-state index in [4.69, 9.17) is 9.47 Å². The van der Waals surface area contributed by atoms with E-state index in [1.807, 2.05) is 63.2 Å². The molecule has 0 spiro atoms. The molecule has 0 aliphatic carbocycles. The number of aliphatic hydroxyl groups excluding tert-OH is 1. The third-order valence-corrected chi connectivity index (χ3v) is 11.4. The number of nitrogens with zero attached hydrogens (tertiary/aromatic N) is 2. The van der Waals surface area contributed by atoms with Crippen LogP contribution >= 0.6 is 0 Å². The van der Waals surface area contributed by atoms with Crippen LogP contribution in [0.4, 0.5) is 16.2 Å². The summed E-state index contributed by atoms with van der Waals surface area (Å²) in [5.41, 5.74) is 2.22. The van der Waals surface area contributed by atoms with Gasteiger partial charge in [-0.1, -0.05) is 61.0 Å². The van der Waals surface area contributed by atoms with Crippen LogP contribution in [0.2, 0.25) is 0 Å². The molecule has 0 fully saturated rings. The number of benzene rings is 4. The standard InChI is InChI=1S/C40H50N4O7S/c1-27-16-19-33(20-17-27)52(48,49)43(5)25-38-28(2)24-44(29(3)26-45)39(46)35-23-32(18-21-37(35)51-30(4)11-8-9-22-50-38)41-40(47)42-36-15-10-13-31-12-6-7-14-34(31)36/h6-7,10,12-21,23,28-30,38,45H,8-9,11,22,24-26H2,1-5H3,(H2,41,42,47)/t28-,29-,30+,38-/m1/s1. The van der Waals surface area contributed by atoms with E-state index < -0.39 is 34.1 Å². The molecule has 11 nitrogen and oxygen atoms in total. The highest BCUT2D eigenvalue weighted by molar-refractivity contribution is 7.89. The summed E-state index contributed by atoms with van der Waals surface area (Å²) in [6.45, 7) is 7.86. The predicted octanol–water partition coefficient (Wildman–Crippen LogP) is 6.91. The largest absolute Gasteiger partial charge is 0.490 e. The van der Waals surface area contributed by atoms with Gasteiger partial charge in [0.15, 0.2) is 0 Å². The predicted molar refractivity (Wildman–Crippen MR) is 204 cm³/mol. The molecule has 4 atom stereocenters. The maximum atomic E-state index is 14.5. The number of amides is 3. The quantitative estimate of drug-likeness (QED) is 0.179. The van der Waals surface area contributed by atoms with Crippen molar-refractivity contribution in [1.29, 1.82) is 0 Å². The molecular weight excluding hydrogens is 681 g/mol. The summed E-state index contributed by atoms with van der Waals surface area (Å²) in [6.07, 6.45) is 1.46. The summed E-state index contributed by atoms with van der Waals surface area (Å²) < 4.78 is 41.0. The number of aryl methyl sites for hydroxylation is 1. The Morgan fingerprint density at radius 2 is 1.73 bits per heavy atom. The number of aliphatic hydroxyl groups is 1. The first-order chi connectivity index (χ1) is 24.9. The number of carbonyl (C=O) groups is 2. The van der Waals surface area contributed by atoms with E-state index in [9.17, 15) is 23.1 Å². The van der Waals surface area contributed by atoms with Crippen LogP contribution in [0.15, 0.2) is 89.8 Å². The van der Waals surface area contributed by atoms with Gasteiger partial charge >= 0.3 is 6.03 Å². The zero-order valence-electron chi connectivity index (χ0n) is 30.5. The maximum Gasteiger partial charge on any atom is 0.323 e. The van der Waals surface area contributed by atoms with E-state index in [-0.39, 0.29) is 42.2 Å². The van der Waals surface area contributed by atoms with Crippen LogP contribution in [-0.4, -0.2) is 86.3 Å². The Morgan fingerprint density at radius 1 is 1.00 bits per heavy atom. The highest BCUT2D eigenvalue weighted by Crippen LogP contribution is 2.30. The Hall–Kier alpha value is -4.49. The third-order valence-electron chi connectivity index (χ3n) is 9.51. The van der Waals surface area contributed by atoms with Crippen molar-refractivity contribution in [3.05, 3.63) is 96.1 Å². The van der Waals surface area contributed by atoms with Gasteiger partial charge in [0, 0.05) is 43.7 Å². The van der Waals surface area contributed by atoms with Crippen LogP contribution < -0.4 is 15.4 Å². The molecule has 3 N–H and O–H groups in total. The van der Waals surface area contributed by atoms with Crippen LogP contribution in [0.25, 0.3) is 10.8 Å². The molecule has 0 radical (unpaired) electrons. The first-order valence-corrected chi connectivity index (χ1v) is 19.2. The third kappa shape index (κ3) is 9.48. The van der Waals surface area contributed by atoms with Crippen LogP contribution in [-0.2, 0) is 14.8 Å². The van der Waals surface area contributed by atoms with E-state index >= 15 is 0 Å². The van der Waals surface area contributed by atoms with Crippen LogP contribution in [0.5, 0.6) is 5.75 Å². The number of anilines is 2. The molecule has 52 heavy (non-hydrogen) atoms. The average molecular weight is 731 g/mol. The first kappa shape index (κ1) is 38.7. The summed E-state index contributed by atoms with van der Waals surface area (Å²) in [7, 11) is -2.26. The Bertz CT molecular complexity index is 1950. The molecule has 3 amide bonds. The molecule has 4 aromatic rings. The lowest BCUT2D eigenvalue weighted by molar-refractivity contribution is -0.00833. The van der Waals surface area contributed by atoms with Crippen molar-refractivity contribution in [2.24, 2.45) is 5.92 Å². The zero-order valence-corrected chi connectivity index (χ0v) is 31.4. The van der Waals surface area contributed by atoms with Crippen LogP contribution in [0, 0.1) is 12.8 Å². The van der Waals surface area contributed by atoms with Crippen molar-refractivity contribution in [3.63, 3.8) is 0 Å². The Kier molecular flexibility index (Phi) is 12.9. The molecular formula is C40H50N4O7S. The monoisotopic (exact) mass is 730 g/mol. The Labute approximate surface area is 307 Å². The van der Waals surface area contributed by atoms with Crippen molar-refractivity contribution < 1.29 is 32.6 Å². The number of urea groups is 1. The summed E-state index contributed by atoms with van der Waals surface area (Å²) in [6, 6.07) is 24.1. The molecule has 1 aliphatic heterocycles. The number of sulfonamides is 1.